The number of benzene rings is 4. The van der Waals surface area contributed by atoms with Crippen LogP contribution in [0.3, 0.4) is 0 Å². The van der Waals surface area contributed by atoms with E-state index < -0.39 is 23.6 Å². The second-order valence-corrected chi connectivity index (χ2v) is 13.7. The van der Waals surface area contributed by atoms with Crippen LogP contribution < -0.4 is 20.7 Å². The fraction of sp³-hybridized carbons (Fsp3) is 0.186. The van der Waals surface area contributed by atoms with Crippen LogP contribution >= 0.6 is 11.6 Å². The normalized spacial score (nSPS) is 15.8. The standard InChI is InChI=1S/C43H38ClF2N5O5/c44-38-37(19-22-48-41(38)50-39(28-7-3-1-4-8-28)29-9-5-2-6-10-29)56-36-16-15-32(23-35(36)46)49-42(53)34-25-51(26-55-43(54)30-17-20-47-21-18-30)24-33(40(34)52)27-11-13-31(45)14-12-27/h1-16,19,22-25,30,39-40,47,52H,17-18,20-21,26H2,(H,48,50)(H,49,53). The third-order valence-electron chi connectivity index (χ3n) is 9.48. The molecule has 1 unspecified atom stereocenters. The van der Waals surface area contributed by atoms with E-state index in [0.29, 0.717) is 37.3 Å². The van der Waals surface area contributed by atoms with Gasteiger partial charge in [0, 0.05) is 42.0 Å². The molecule has 10 nitrogen and oxygen atoms in total. The van der Waals surface area contributed by atoms with Gasteiger partial charge in [-0.25, -0.2) is 13.8 Å². The summed E-state index contributed by atoms with van der Waals surface area (Å²) in [7, 11) is 0. The lowest BCUT2D eigenvalue weighted by molar-refractivity contribution is -0.152. The number of anilines is 2. The summed E-state index contributed by atoms with van der Waals surface area (Å²) in [6.07, 6.45) is 4.24. The zero-order valence-electron chi connectivity index (χ0n) is 30.0. The maximum Gasteiger partial charge on any atom is 0.310 e. The summed E-state index contributed by atoms with van der Waals surface area (Å²) < 4.78 is 40.8. The Morgan fingerprint density at radius 2 is 1.57 bits per heavy atom. The van der Waals surface area contributed by atoms with Gasteiger partial charge in [0.25, 0.3) is 5.91 Å². The van der Waals surface area contributed by atoms with Gasteiger partial charge in [-0.05, 0) is 66.9 Å². The van der Waals surface area contributed by atoms with Gasteiger partial charge >= 0.3 is 5.97 Å². The van der Waals surface area contributed by atoms with E-state index in [0.717, 1.165) is 17.2 Å². The van der Waals surface area contributed by atoms with Gasteiger partial charge in [-0.2, -0.15) is 0 Å². The van der Waals surface area contributed by atoms with E-state index >= 15 is 4.39 Å². The molecule has 0 aliphatic carbocycles. The third-order valence-corrected chi connectivity index (χ3v) is 9.84. The van der Waals surface area contributed by atoms with E-state index in [1.54, 1.807) is 0 Å². The maximum atomic E-state index is 15.6. The largest absolute Gasteiger partial charge is 0.453 e. The number of ether oxygens (including phenoxy) is 2. The Balaban J connectivity index is 1.06. The highest BCUT2D eigenvalue weighted by Gasteiger charge is 2.30. The van der Waals surface area contributed by atoms with E-state index in [1.165, 1.54) is 66.0 Å². The van der Waals surface area contributed by atoms with Crippen LogP contribution in [-0.4, -0.2) is 52.8 Å². The number of carbonyl (C=O) groups is 2. The second kappa shape index (κ2) is 17.6. The van der Waals surface area contributed by atoms with Gasteiger partial charge in [0.1, 0.15) is 22.8 Å². The maximum absolute atomic E-state index is 15.6. The number of rotatable bonds is 12. The molecule has 0 radical (unpaired) electrons. The highest BCUT2D eigenvalue weighted by molar-refractivity contribution is 6.34. The van der Waals surface area contributed by atoms with Gasteiger partial charge in [-0.1, -0.05) is 84.4 Å². The lowest BCUT2D eigenvalue weighted by atomic mass is 9.93. The monoisotopic (exact) mass is 777 g/mol. The number of aliphatic hydroxyl groups is 1. The van der Waals surface area contributed by atoms with E-state index in [-0.39, 0.29) is 58.0 Å². The van der Waals surface area contributed by atoms with Crippen molar-refractivity contribution in [3.05, 3.63) is 167 Å². The molecule has 1 saturated heterocycles. The van der Waals surface area contributed by atoms with E-state index in [4.69, 9.17) is 21.1 Å². The number of carbonyl (C=O) groups excluding carboxylic acids is 2. The zero-order chi connectivity index (χ0) is 39.0. The molecule has 3 heterocycles. The number of pyridine rings is 1. The predicted molar refractivity (Wildman–Crippen MR) is 210 cm³/mol. The Morgan fingerprint density at radius 1 is 0.893 bits per heavy atom. The van der Waals surface area contributed by atoms with Crippen molar-refractivity contribution in [1.82, 2.24) is 15.2 Å². The van der Waals surface area contributed by atoms with Crippen LogP contribution in [0.25, 0.3) is 5.57 Å². The van der Waals surface area contributed by atoms with Gasteiger partial charge in [-0.15, -0.1) is 0 Å². The Labute approximate surface area is 327 Å². The molecule has 5 aromatic rings. The summed E-state index contributed by atoms with van der Waals surface area (Å²) in [5.41, 5.74) is 2.64. The van der Waals surface area contributed by atoms with Crippen molar-refractivity contribution in [3.8, 4) is 11.5 Å². The molecule has 0 saturated carbocycles. The molecule has 1 fully saturated rings. The molecule has 286 valence electrons. The molecule has 4 N–H and O–H groups in total. The van der Waals surface area contributed by atoms with Crippen molar-refractivity contribution in [2.75, 3.05) is 30.5 Å². The summed E-state index contributed by atoms with van der Waals surface area (Å²) in [6.45, 7) is 1.19. The van der Waals surface area contributed by atoms with Gasteiger partial charge in [-0.3, -0.25) is 9.59 Å². The summed E-state index contributed by atoms with van der Waals surface area (Å²) in [6, 6.07) is 30.1. The van der Waals surface area contributed by atoms with Crippen molar-refractivity contribution in [2.45, 2.75) is 25.0 Å². The third kappa shape index (κ3) is 9.06. The molecule has 13 heteroatoms. The van der Waals surface area contributed by atoms with Crippen LogP contribution in [0.4, 0.5) is 20.3 Å². The molecule has 7 rings (SSSR count). The Hall–Kier alpha value is -6.08. The van der Waals surface area contributed by atoms with Crippen LogP contribution in [0.5, 0.6) is 11.5 Å². The predicted octanol–water partition coefficient (Wildman–Crippen LogP) is 8.05. The topological polar surface area (TPSA) is 125 Å². The summed E-state index contributed by atoms with van der Waals surface area (Å²) in [5, 5.41) is 20.7. The fourth-order valence-electron chi connectivity index (χ4n) is 6.52. The first-order valence-electron chi connectivity index (χ1n) is 18.0. The number of piperidine rings is 1. The number of hydrogen-bond donors (Lipinski definition) is 4. The molecular weight excluding hydrogens is 740 g/mol. The van der Waals surface area contributed by atoms with Crippen molar-refractivity contribution >= 4 is 40.6 Å². The van der Waals surface area contributed by atoms with Crippen LogP contribution in [0.15, 0.2) is 133 Å². The number of nitrogens with zero attached hydrogens (tertiary/aromatic N) is 2. The number of esters is 1. The number of hydrogen-bond acceptors (Lipinski definition) is 9. The van der Waals surface area contributed by atoms with Gasteiger partial charge in [0.15, 0.2) is 24.0 Å². The van der Waals surface area contributed by atoms with E-state index in [9.17, 15) is 19.1 Å². The first-order valence-corrected chi connectivity index (χ1v) is 18.4. The lowest BCUT2D eigenvalue weighted by Crippen LogP contribution is -2.35. The number of aromatic nitrogens is 1. The van der Waals surface area contributed by atoms with Crippen molar-refractivity contribution in [2.24, 2.45) is 5.92 Å². The average molecular weight is 778 g/mol. The first-order chi connectivity index (χ1) is 27.2. The van der Waals surface area contributed by atoms with Gasteiger partial charge < -0.3 is 35.4 Å². The molecule has 1 atom stereocenters. The van der Waals surface area contributed by atoms with Crippen molar-refractivity contribution in [3.63, 3.8) is 0 Å². The van der Waals surface area contributed by atoms with Crippen LogP contribution in [0.1, 0.15) is 35.6 Å². The molecule has 0 bridgehead atoms. The Morgan fingerprint density at radius 3 is 2.23 bits per heavy atom. The van der Waals surface area contributed by atoms with E-state index in [1.807, 2.05) is 60.7 Å². The van der Waals surface area contributed by atoms with Gasteiger partial charge in [0.2, 0.25) is 0 Å². The molecule has 1 amide bonds. The van der Waals surface area contributed by atoms with Crippen molar-refractivity contribution < 1.29 is 33.0 Å². The van der Waals surface area contributed by atoms with Crippen molar-refractivity contribution in [1.29, 1.82) is 0 Å². The van der Waals surface area contributed by atoms with Crippen LogP contribution in [0, 0.1) is 17.6 Å². The fourth-order valence-corrected chi connectivity index (χ4v) is 6.73. The molecule has 0 spiro atoms. The summed E-state index contributed by atoms with van der Waals surface area (Å²) in [4.78, 5) is 32.3. The number of nitrogens with one attached hydrogen (secondary N) is 3. The van der Waals surface area contributed by atoms with Crippen LogP contribution in [-0.2, 0) is 14.3 Å². The molecule has 2 aliphatic heterocycles. The number of amides is 1. The molecule has 4 aromatic carbocycles. The van der Waals surface area contributed by atoms with Gasteiger partial charge in [0.05, 0.1) is 17.5 Å². The minimum absolute atomic E-state index is 0.0754. The highest BCUT2D eigenvalue weighted by Crippen LogP contribution is 2.38. The minimum Gasteiger partial charge on any atom is -0.453 e. The van der Waals surface area contributed by atoms with Crippen LogP contribution in [0.2, 0.25) is 5.02 Å². The lowest BCUT2D eigenvalue weighted by Gasteiger charge is -2.29. The molecular formula is C43H38ClF2N5O5. The Kier molecular flexibility index (Phi) is 12.0. The first kappa shape index (κ1) is 38.2. The minimum atomic E-state index is -1.44. The smallest absolute Gasteiger partial charge is 0.310 e. The average Bonchev–Trinajstić information content (AvgIpc) is 3.22. The SMILES string of the molecule is O=C(Nc1ccc(Oc2ccnc(NC(c3ccccc3)c3ccccc3)c2Cl)c(F)c1)C1=CN(COC(=O)C2CCNCC2)C=C(c2ccc(F)cc2)C1O. The number of halogens is 3. The number of aliphatic hydroxyl groups excluding tert-OH is 1. The second-order valence-electron chi connectivity index (χ2n) is 13.3. The molecule has 56 heavy (non-hydrogen) atoms. The Bertz CT molecular complexity index is 2200. The summed E-state index contributed by atoms with van der Waals surface area (Å²) in [5.74, 6) is -2.31. The summed E-state index contributed by atoms with van der Waals surface area (Å²) >= 11 is 6.77. The highest BCUT2D eigenvalue weighted by atomic mass is 35.5. The zero-order valence-corrected chi connectivity index (χ0v) is 30.8. The van der Waals surface area contributed by atoms with E-state index in [2.05, 4.69) is 20.9 Å². The quantitative estimate of drug-likeness (QED) is 0.0932. The molecule has 1 aromatic heterocycles. The molecule has 2 aliphatic rings.